The number of benzene rings is 2. The molecular formula is C19H17FN4O3. The van der Waals surface area contributed by atoms with Gasteiger partial charge in [-0.15, -0.1) is 10.2 Å². The number of rotatable bonds is 6. The first kappa shape index (κ1) is 18.1. The average molecular weight is 368 g/mol. The summed E-state index contributed by atoms with van der Waals surface area (Å²) < 4.78 is 23.7. The Morgan fingerprint density at radius 3 is 2.52 bits per heavy atom. The lowest BCUT2D eigenvalue weighted by Crippen LogP contribution is -2.14. The number of hydrogen-bond donors (Lipinski definition) is 2. The van der Waals surface area contributed by atoms with Gasteiger partial charge in [0, 0.05) is 11.8 Å². The van der Waals surface area contributed by atoms with E-state index in [4.69, 9.17) is 9.47 Å². The zero-order chi connectivity index (χ0) is 19.2. The molecule has 0 bridgehead atoms. The van der Waals surface area contributed by atoms with Crippen LogP contribution < -0.4 is 20.1 Å². The molecule has 0 aliphatic carbocycles. The normalized spacial score (nSPS) is 10.2. The fraction of sp³-hybridized carbons (Fsp3) is 0.105. The topological polar surface area (TPSA) is 85.4 Å². The number of hydrogen-bond acceptors (Lipinski definition) is 6. The van der Waals surface area contributed by atoms with E-state index in [1.54, 1.807) is 44.6 Å². The highest BCUT2D eigenvalue weighted by atomic mass is 19.1. The molecule has 3 rings (SSSR count). The minimum atomic E-state index is -0.487. The molecular weight excluding hydrogens is 351 g/mol. The number of carbonyl (C=O) groups is 1. The van der Waals surface area contributed by atoms with Crippen molar-refractivity contribution >= 4 is 23.1 Å². The summed E-state index contributed by atoms with van der Waals surface area (Å²) in [6, 6.07) is 14.0. The SMILES string of the molecule is COc1ccc(OC)c(Nc2ccc(C(=O)Nc3cccc(F)c3)nn2)c1. The number of aromatic nitrogens is 2. The summed E-state index contributed by atoms with van der Waals surface area (Å²) in [6.07, 6.45) is 0. The second-order valence-electron chi connectivity index (χ2n) is 5.46. The van der Waals surface area contributed by atoms with Gasteiger partial charge in [-0.05, 0) is 42.5 Å². The summed E-state index contributed by atoms with van der Waals surface area (Å²) in [7, 11) is 3.12. The van der Waals surface area contributed by atoms with Crippen molar-refractivity contribution in [3.63, 3.8) is 0 Å². The second-order valence-corrected chi connectivity index (χ2v) is 5.46. The molecule has 0 atom stereocenters. The maximum Gasteiger partial charge on any atom is 0.276 e. The summed E-state index contributed by atoms with van der Waals surface area (Å²) in [5.74, 6) is 0.746. The van der Waals surface area contributed by atoms with Crippen LogP contribution in [0.3, 0.4) is 0 Å². The van der Waals surface area contributed by atoms with Crippen molar-refractivity contribution in [3.8, 4) is 11.5 Å². The maximum absolute atomic E-state index is 13.2. The van der Waals surface area contributed by atoms with Crippen LogP contribution in [0.4, 0.5) is 21.6 Å². The van der Waals surface area contributed by atoms with Gasteiger partial charge < -0.3 is 20.1 Å². The molecule has 8 heteroatoms. The monoisotopic (exact) mass is 368 g/mol. The van der Waals surface area contributed by atoms with Crippen molar-refractivity contribution in [1.29, 1.82) is 0 Å². The van der Waals surface area contributed by atoms with E-state index in [-0.39, 0.29) is 5.69 Å². The Morgan fingerprint density at radius 1 is 1.00 bits per heavy atom. The van der Waals surface area contributed by atoms with Gasteiger partial charge in [-0.1, -0.05) is 6.07 Å². The summed E-state index contributed by atoms with van der Waals surface area (Å²) in [5, 5.41) is 13.5. The van der Waals surface area contributed by atoms with Crippen molar-refractivity contribution in [2.75, 3.05) is 24.9 Å². The van der Waals surface area contributed by atoms with Gasteiger partial charge in [0.2, 0.25) is 0 Å². The van der Waals surface area contributed by atoms with Crippen LogP contribution in [0, 0.1) is 5.82 Å². The molecule has 138 valence electrons. The largest absolute Gasteiger partial charge is 0.497 e. The van der Waals surface area contributed by atoms with E-state index in [9.17, 15) is 9.18 Å². The quantitative estimate of drug-likeness (QED) is 0.691. The number of nitrogens with one attached hydrogen (secondary N) is 2. The first-order valence-electron chi connectivity index (χ1n) is 7.99. The van der Waals surface area contributed by atoms with Crippen LogP contribution in [0.15, 0.2) is 54.6 Å². The Morgan fingerprint density at radius 2 is 1.85 bits per heavy atom. The molecule has 2 aromatic carbocycles. The smallest absolute Gasteiger partial charge is 0.276 e. The summed E-state index contributed by atoms with van der Waals surface area (Å²) in [5.41, 5.74) is 1.08. The third-order valence-corrected chi connectivity index (χ3v) is 3.65. The molecule has 0 unspecified atom stereocenters. The molecule has 0 aliphatic rings. The third kappa shape index (κ3) is 4.49. The Hall–Kier alpha value is -3.68. The fourth-order valence-electron chi connectivity index (χ4n) is 2.33. The fourth-order valence-corrected chi connectivity index (χ4v) is 2.33. The number of ether oxygens (including phenoxy) is 2. The van der Waals surface area contributed by atoms with Gasteiger partial charge in [-0.2, -0.15) is 0 Å². The van der Waals surface area contributed by atoms with Crippen LogP contribution in [0.2, 0.25) is 0 Å². The highest BCUT2D eigenvalue weighted by Gasteiger charge is 2.11. The van der Waals surface area contributed by atoms with E-state index < -0.39 is 11.7 Å². The molecule has 0 spiro atoms. The van der Waals surface area contributed by atoms with E-state index >= 15 is 0 Å². The average Bonchev–Trinajstić information content (AvgIpc) is 2.68. The molecule has 0 radical (unpaired) electrons. The van der Waals surface area contributed by atoms with E-state index in [1.165, 1.54) is 24.3 Å². The molecule has 2 N–H and O–H groups in total. The zero-order valence-electron chi connectivity index (χ0n) is 14.7. The molecule has 0 fully saturated rings. The lowest BCUT2D eigenvalue weighted by atomic mass is 10.2. The summed E-state index contributed by atoms with van der Waals surface area (Å²) in [4.78, 5) is 12.2. The number of nitrogens with zero attached hydrogens (tertiary/aromatic N) is 2. The van der Waals surface area contributed by atoms with Gasteiger partial charge in [0.05, 0.1) is 19.9 Å². The van der Waals surface area contributed by atoms with Crippen molar-refractivity contribution in [2.24, 2.45) is 0 Å². The summed E-state index contributed by atoms with van der Waals surface area (Å²) in [6.45, 7) is 0. The van der Waals surface area contributed by atoms with Crippen molar-refractivity contribution in [3.05, 3.63) is 66.1 Å². The van der Waals surface area contributed by atoms with Crippen LogP contribution in [-0.2, 0) is 0 Å². The number of anilines is 3. The molecule has 0 aliphatic heterocycles. The zero-order valence-corrected chi connectivity index (χ0v) is 14.7. The lowest BCUT2D eigenvalue weighted by molar-refractivity contribution is 0.102. The van der Waals surface area contributed by atoms with E-state index in [1.807, 2.05) is 0 Å². The molecule has 0 saturated carbocycles. The first-order valence-corrected chi connectivity index (χ1v) is 7.99. The Labute approximate surface area is 155 Å². The van der Waals surface area contributed by atoms with Crippen LogP contribution in [0.25, 0.3) is 0 Å². The molecule has 1 aromatic heterocycles. The van der Waals surface area contributed by atoms with Crippen LogP contribution in [0.1, 0.15) is 10.5 Å². The second kappa shape index (κ2) is 8.13. The van der Waals surface area contributed by atoms with Gasteiger partial charge in [0.15, 0.2) is 11.5 Å². The molecule has 0 saturated heterocycles. The Balaban J connectivity index is 1.73. The highest BCUT2D eigenvalue weighted by Crippen LogP contribution is 2.30. The number of methoxy groups -OCH3 is 2. The predicted octanol–water partition coefficient (Wildman–Crippen LogP) is 3.63. The van der Waals surface area contributed by atoms with Gasteiger partial charge in [0.1, 0.15) is 17.3 Å². The van der Waals surface area contributed by atoms with Crippen molar-refractivity contribution in [2.45, 2.75) is 0 Å². The van der Waals surface area contributed by atoms with Crippen molar-refractivity contribution < 1.29 is 18.7 Å². The van der Waals surface area contributed by atoms with Gasteiger partial charge in [0.25, 0.3) is 5.91 Å². The van der Waals surface area contributed by atoms with Gasteiger partial charge in [-0.3, -0.25) is 4.79 Å². The minimum absolute atomic E-state index is 0.0995. The van der Waals surface area contributed by atoms with E-state index in [0.29, 0.717) is 28.7 Å². The third-order valence-electron chi connectivity index (χ3n) is 3.65. The highest BCUT2D eigenvalue weighted by molar-refractivity contribution is 6.02. The minimum Gasteiger partial charge on any atom is -0.497 e. The molecule has 27 heavy (non-hydrogen) atoms. The Kier molecular flexibility index (Phi) is 5.46. The first-order chi connectivity index (χ1) is 13.1. The Bertz CT molecular complexity index is 948. The van der Waals surface area contributed by atoms with Crippen LogP contribution in [-0.4, -0.2) is 30.3 Å². The molecule has 7 nitrogen and oxygen atoms in total. The standard InChI is InChI=1S/C19H17FN4O3/c1-26-14-6-8-17(27-2)16(11-14)22-18-9-7-15(23-24-18)19(25)21-13-5-3-4-12(20)10-13/h3-11H,1-2H3,(H,21,25)(H,22,24). The molecule has 1 amide bonds. The number of halogens is 1. The molecule has 1 heterocycles. The van der Waals surface area contributed by atoms with E-state index in [2.05, 4.69) is 20.8 Å². The predicted molar refractivity (Wildman–Crippen MR) is 99.2 cm³/mol. The summed E-state index contributed by atoms with van der Waals surface area (Å²) >= 11 is 0. The van der Waals surface area contributed by atoms with Crippen LogP contribution in [0.5, 0.6) is 11.5 Å². The number of carbonyl (C=O) groups excluding carboxylic acids is 1. The van der Waals surface area contributed by atoms with Crippen LogP contribution >= 0.6 is 0 Å². The van der Waals surface area contributed by atoms with E-state index in [0.717, 1.165) is 0 Å². The maximum atomic E-state index is 13.2. The van der Waals surface area contributed by atoms with Crippen molar-refractivity contribution in [1.82, 2.24) is 10.2 Å². The lowest BCUT2D eigenvalue weighted by Gasteiger charge is -2.12. The van der Waals surface area contributed by atoms with Gasteiger partial charge >= 0.3 is 0 Å². The molecule has 3 aromatic rings. The number of amides is 1. The van der Waals surface area contributed by atoms with Gasteiger partial charge in [-0.25, -0.2) is 4.39 Å².